The molecule has 0 spiro atoms. The first-order chi connectivity index (χ1) is 16.9. The average Bonchev–Trinajstić information content (AvgIpc) is 3.19. The first-order valence-corrected chi connectivity index (χ1v) is 13.6. The average molecular weight is 562 g/mol. The molecule has 1 saturated carbocycles. The van der Waals surface area contributed by atoms with Crippen LogP contribution in [0.2, 0.25) is 5.15 Å². The van der Waals surface area contributed by atoms with Crippen LogP contribution in [0.3, 0.4) is 0 Å². The summed E-state index contributed by atoms with van der Waals surface area (Å²) >= 11 is 7.13. The fourth-order valence-electron chi connectivity index (χ4n) is 4.06. The Labute approximate surface area is 213 Å². The summed E-state index contributed by atoms with van der Waals surface area (Å²) in [6.07, 6.45) is -1.44. The van der Waals surface area contributed by atoms with E-state index in [0.717, 1.165) is 0 Å². The van der Waals surface area contributed by atoms with Gasteiger partial charge in [-0.15, -0.1) is 10.2 Å². The zero-order valence-electron chi connectivity index (χ0n) is 19.1. The predicted octanol–water partition coefficient (Wildman–Crippen LogP) is 2.35. The van der Waals surface area contributed by atoms with E-state index in [1.165, 1.54) is 16.7 Å². The fraction of sp³-hybridized carbons (Fsp3) is 0.500. The molecule has 1 amide bonds. The van der Waals surface area contributed by atoms with Crippen molar-refractivity contribution in [3.8, 4) is 10.8 Å². The summed E-state index contributed by atoms with van der Waals surface area (Å²) in [7, 11) is -3.99. The Hall–Kier alpha value is -2.46. The number of hydrogen-bond donors (Lipinski definition) is 2. The Morgan fingerprint density at radius 3 is 2.69 bits per heavy atom. The number of sulfonamides is 1. The summed E-state index contributed by atoms with van der Waals surface area (Å²) in [4.78, 5) is 17.8. The molecule has 36 heavy (non-hydrogen) atoms. The number of carbonyl (C=O) groups is 1. The molecule has 194 valence electrons. The van der Waals surface area contributed by atoms with Crippen molar-refractivity contribution in [2.45, 2.75) is 55.8 Å². The number of pyridine rings is 1. The molecule has 2 fully saturated rings. The number of nitrogens with two attached hydrogens (primary N) is 1. The van der Waals surface area contributed by atoms with Crippen molar-refractivity contribution in [1.29, 1.82) is 0 Å². The molecule has 3 aromatic heterocycles. The molecule has 16 heteroatoms. The molecule has 0 radical (unpaired) electrons. The Balaban J connectivity index is 1.71. The van der Waals surface area contributed by atoms with Gasteiger partial charge in [0.05, 0.1) is 18.3 Å². The lowest BCUT2D eigenvalue weighted by molar-refractivity contribution is -0.133. The van der Waals surface area contributed by atoms with Gasteiger partial charge in [-0.05, 0) is 32.8 Å². The molecular formula is C20H22ClF2N7O4S2. The number of morpholine rings is 1. The van der Waals surface area contributed by atoms with Gasteiger partial charge >= 0.3 is 0 Å². The van der Waals surface area contributed by atoms with E-state index in [0.29, 0.717) is 41.9 Å². The molecule has 0 unspecified atom stereocenters. The van der Waals surface area contributed by atoms with Crippen molar-refractivity contribution in [2.75, 3.05) is 18.0 Å². The lowest BCUT2D eigenvalue weighted by atomic mass is 10.2. The number of ether oxygens (including phenoxy) is 1. The second-order valence-electron chi connectivity index (χ2n) is 9.16. The Morgan fingerprint density at radius 1 is 1.36 bits per heavy atom. The Bertz CT molecular complexity index is 1460. The van der Waals surface area contributed by atoms with Gasteiger partial charge in [0, 0.05) is 18.3 Å². The zero-order chi connectivity index (χ0) is 26.0. The number of nitrogens with zero attached hydrogens (tertiary/aromatic N) is 5. The van der Waals surface area contributed by atoms with Gasteiger partial charge in [0.25, 0.3) is 6.43 Å². The van der Waals surface area contributed by atoms with Crippen molar-refractivity contribution in [2.24, 2.45) is 5.73 Å². The maximum absolute atomic E-state index is 13.3. The van der Waals surface area contributed by atoms with E-state index >= 15 is 0 Å². The number of amides is 1. The van der Waals surface area contributed by atoms with Crippen molar-refractivity contribution in [3.05, 3.63) is 22.4 Å². The van der Waals surface area contributed by atoms with E-state index in [2.05, 4.69) is 19.9 Å². The molecule has 2 aliphatic rings. The van der Waals surface area contributed by atoms with E-state index in [9.17, 15) is 22.0 Å². The van der Waals surface area contributed by atoms with Crippen LogP contribution < -0.4 is 15.4 Å². The maximum Gasteiger partial charge on any atom is 0.291 e. The Morgan fingerprint density at radius 2 is 2.08 bits per heavy atom. The van der Waals surface area contributed by atoms with Crippen LogP contribution in [-0.4, -0.2) is 64.7 Å². The highest BCUT2D eigenvalue weighted by Gasteiger charge is 2.42. The van der Waals surface area contributed by atoms with Crippen LogP contribution in [0, 0.1) is 0 Å². The molecule has 3 N–H and O–H groups in total. The highest BCUT2D eigenvalue weighted by atomic mass is 35.5. The van der Waals surface area contributed by atoms with Gasteiger partial charge in [0.1, 0.15) is 10.4 Å². The summed E-state index contributed by atoms with van der Waals surface area (Å²) < 4.78 is 62.7. The lowest BCUT2D eigenvalue weighted by Gasteiger charge is -2.37. The van der Waals surface area contributed by atoms with Crippen molar-refractivity contribution in [3.63, 3.8) is 0 Å². The van der Waals surface area contributed by atoms with Gasteiger partial charge in [0.2, 0.25) is 15.9 Å². The minimum Gasteiger partial charge on any atom is -0.367 e. The van der Waals surface area contributed by atoms with Gasteiger partial charge in [-0.3, -0.25) is 9.20 Å². The van der Waals surface area contributed by atoms with E-state index < -0.39 is 45.1 Å². The number of aromatic nitrogens is 4. The van der Waals surface area contributed by atoms with Crippen molar-refractivity contribution >= 4 is 50.1 Å². The maximum atomic E-state index is 13.3. The number of imidazole rings is 1. The number of primary amides is 1. The normalized spacial score (nSPS) is 21.9. The summed E-state index contributed by atoms with van der Waals surface area (Å²) in [6, 6.07) is 1.45. The smallest absolute Gasteiger partial charge is 0.291 e. The van der Waals surface area contributed by atoms with Crippen molar-refractivity contribution < 1.29 is 26.7 Å². The summed E-state index contributed by atoms with van der Waals surface area (Å²) in [5.41, 5.74) is 5.61. The molecule has 0 bridgehead atoms. The molecule has 1 aliphatic carbocycles. The van der Waals surface area contributed by atoms with Crippen LogP contribution in [0.5, 0.6) is 0 Å². The molecule has 5 rings (SSSR count). The molecule has 1 aliphatic heterocycles. The highest BCUT2D eigenvalue weighted by molar-refractivity contribution is 7.89. The largest absolute Gasteiger partial charge is 0.367 e. The third-order valence-electron chi connectivity index (χ3n) is 6.07. The number of rotatable bonds is 7. The van der Waals surface area contributed by atoms with E-state index in [1.54, 1.807) is 18.7 Å². The van der Waals surface area contributed by atoms with Crippen LogP contribution in [0.15, 0.2) is 17.2 Å². The topological polar surface area (TPSA) is 145 Å². The second kappa shape index (κ2) is 8.83. The molecule has 1 saturated heterocycles. The second-order valence-corrected chi connectivity index (χ2v) is 12.2. The monoisotopic (exact) mass is 561 g/mol. The number of halogens is 3. The molecule has 3 aromatic rings. The number of nitrogens with one attached hydrogen (secondary N) is 1. The number of anilines is 1. The third-order valence-corrected chi connectivity index (χ3v) is 8.87. The van der Waals surface area contributed by atoms with Crippen LogP contribution in [-0.2, 0) is 19.6 Å². The SMILES string of the molecule is C[C@H]1CN(c2cc(S(=O)(=O)NC3(C)CC3)cn3c(-c4nnc(C(F)F)s4)nc(Cl)c23)C[C@@H](C(N)=O)O1. The molecule has 4 heterocycles. The number of fused-ring (bicyclic) bond motifs is 1. The minimum absolute atomic E-state index is 0.00497. The summed E-state index contributed by atoms with van der Waals surface area (Å²) in [5, 5.41) is 6.84. The number of alkyl halides is 2. The zero-order valence-corrected chi connectivity index (χ0v) is 21.5. The van der Waals surface area contributed by atoms with E-state index in [4.69, 9.17) is 22.1 Å². The summed E-state index contributed by atoms with van der Waals surface area (Å²) in [5.74, 6) is -0.605. The fourth-order valence-corrected chi connectivity index (χ4v) is 6.49. The highest BCUT2D eigenvalue weighted by Crippen LogP contribution is 2.39. The van der Waals surface area contributed by atoms with Gasteiger partial charge in [-0.1, -0.05) is 22.9 Å². The van der Waals surface area contributed by atoms with Crippen LogP contribution in [0.1, 0.15) is 38.1 Å². The molecule has 2 atom stereocenters. The van der Waals surface area contributed by atoms with Gasteiger partial charge in [-0.2, -0.15) is 0 Å². The molecule has 0 aromatic carbocycles. The third kappa shape index (κ3) is 4.65. The molecular weight excluding hydrogens is 540 g/mol. The first kappa shape index (κ1) is 25.2. The quantitative estimate of drug-likeness (QED) is 0.447. The van der Waals surface area contributed by atoms with Gasteiger partial charge in [-0.25, -0.2) is 26.9 Å². The van der Waals surface area contributed by atoms with Gasteiger partial charge in [0.15, 0.2) is 27.1 Å². The van der Waals surface area contributed by atoms with E-state index in [1.807, 2.05) is 0 Å². The minimum atomic E-state index is -3.99. The first-order valence-electron chi connectivity index (χ1n) is 10.9. The standard InChI is InChI=1S/C20H22ClF2N7O4S2/c1-9-6-29(8-12(34-9)16(24)31)11-5-10(36(32,33)28-20(2)3-4-20)7-30-13(11)14(21)25-17(30)19-27-26-18(35-19)15(22)23/h5,7,9,12,15,28H,3-4,6,8H2,1-2H3,(H2,24,31)/t9-,12-/m0/s1. The molecule has 11 nitrogen and oxygen atoms in total. The summed E-state index contributed by atoms with van der Waals surface area (Å²) in [6.45, 7) is 3.91. The van der Waals surface area contributed by atoms with Crippen molar-refractivity contribution in [1.82, 2.24) is 24.3 Å². The van der Waals surface area contributed by atoms with Gasteiger partial charge < -0.3 is 15.4 Å². The predicted molar refractivity (Wildman–Crippen MR) is 128 cm³/mol. The van der Waals surface area contributed by atoms with E-state index in [-0.39, 0.29) is 27.4 Å². The lowest BCUT2D eigenvalue weighted by Crippen LogP contribution is -2.51. The Kier molecular flexibility index (Phi) is 6.18. The number of hydrogen-bond acceptors (Lipinski definition) is 9. The van der Waals surface area contributed by atoms with Crippen LogP contribution >= 0.6 is 22.9 Å². The van der Waals surface area contributed by atoms with Crippen LogP contribution in [0.4, 0.5) is 14.5 Å². The number of carbonyl (C=O) groups excluding carboxylic acids is 1. The van der Waals surface area contributed by atoms with Crippen LogP contribution in [0.25, 0.3) is 16.3 Å².